The molecule has 0 bridgehead atoms. The first-order chi connectivity index (χ1) is 8.97. The Morgan fingerprint density at radius 1 is 1.32 bits per heavy atom. The number of hydrogen-bond acceptors (Lipinski definition) is 4. The third-order valence-electron chi connectivity index (χ3n) is 2.77. The lowest BCUT2D eigenvalue weighted by Crippen LogP contribution is -1.98. The second-order valence-corrected chi connectivity index (χ2v) is 5.07. The number of nitrogen functional groups attached to an aromatic ring is 1. The van der Waals surface area contributed by atoms with Gasteiger partial charge in [-0.1, -0.05) is 25.4 Å². The van der Waals surface area contributed by atoms with Crippen LogP contribution in [0.1, 0.15) is 30.9 Å². The van der Waals surface area contributed by atoms with E-state index in [0.29, 0.717) is 17.5 Å². The second kappa shape index (κ2) is 5.45. The van der Waals surface area contributed by atoms with Gasteiger partial charge in [-0.2, -0.15) is 4.98 Å². The highest BCUT2D eigenvalue weighted by atomic mass is 35.5. The van der Waals surface area contributed by atoms with Gasteiger partial charge in [-0.05, 0) is 42.2 Å². The zero-order valence-corrected chi connectivity index (χ0v) is 11.9. The SMILES string of the molecule is Cc1cc(Cl)c(C(C)C)cc1Oc1nccc(N)n1. The fourth-order valence-electron chi connectivity index (χ4n) is 1.72. The van der Waals surface area contributed by atoms with Gasteiger partial charge in [0.25, 0.3) is 0 Å². The van der Waals surface area contributed by atoms with Gasteiger partial charge in [0.15, 0.2) is 0 Å². The van der Waals surface area contributed by atoms with Gasteiger partial charge in [0, 0.05) is 11.2 Å². The van der Waals surface area contributed by atoms with Crippen LogP contribution in [0.4, 0.5) is 5.82 Å². The Balaban J connectivity index is 2.37. The van der Waals surface area contributed by atoms with E-state index in [1.807, 2.05) is 19.1 Å². The topological polar surface area (TPSA) is 61.0 Å². The van der Waals surface area contributed by atoms with Crippen LogP contribution in [0.15, 0.2) is 24.4 Å². The van der Waals surface area contributed by atoms with Crippen molar-refractivity contribution in [3.8, 4) is 11.8 Å². The lowest BCUT2D eigenvalue weighted by atomic mass is 10.0. The molecule has 0 radical (unpaired) electrons. The minimum absolute atomic E-state index is 0.236. The maximum absolute atomic E-state index is 6.22. The Labute approximate surface area is 117 Å². The van der Waals surface area contributed by atoms with Crippen LogP contribution >= 0.6 is 11.6 Å². The van der Waals surface area contributed by atoms with Crippen molar-refractivity contribution in [1.29, 1.82) is 0 Å². The van der Waals surface area contributed by atoms with Crippen LogP contribution in [0, 0.1) is 6.92 Å². The number of nitrogens with two attached hydrogens (primary N) is 1. The lowest BCUT2D eigenvalue weighted by molar-refractivity contribution is 0.439. The highest BCUT2D eigenvalue weighted by Crippen LogP contribution is 2.33. The second-order valence-electron chi connectivity index (χ2n) is 4.66. The van der Waals surface area contributed by atoms with Gasteiger partial charge in [-0.15, -0.1) is 0 Å². The molecule has 1 aromatic heterocycles. The Bertz CT molecular complexity index is 599. The zero-order valence-electron chi connectivity index (χ0n) is 11.1. The summed E-state index contributed by atoms with van der Waals surface area (Å²) in [7, 11) is 0. The van der Waals surface area contributed by atoms with Crippen molar-refractivity contribution in [2.45, 2.75) is 26.7 Å². The summed E-state index contributed by atoms with van der Waals surface area (Å²) in [5.74, 6) is 1.39. The first kappa shape index (κ1) is 13.6. The minimum Gasteiger partial charge on any atom is -0.424 e. The highest BCUT2D eigenvalue weighted by Gasteiger charge is 2.11. The van der Waals surface area contributed by atoms with Crippen LogP contribution in [0.2, 0.25) is 5.02 Å². The fourth-order valence-corrected chi connectivity index (χ4v) is 2.16. The molecule has 100 valence electrons. The van der Waals surface area contributed by atoms with Crippen molar-refractivity contribution in [1.82, 2.24) is 9.97 Å². The number of benzene rings is 1. The summed E-state index contributed by atoms with van der Waals surface area (Å²) in [6.07, 6.45) is 1.56. The van der Waals surface area contributed by atoms with Gasteiger partial charge in [-0.25, -0.2) is 4.98 Å². The number of aromatic nitrogens is 2. The molecule has 2 N–H and O–H groups in total. The molecule has 0 atom stereocenters. The molecule has 0 aliphatic heterocycles. The van der Waals surface area contributed by atoms with Gasteiger partial charge in [0.2, 0.25) is 0 Å². The summed E-state index contributed by atoms with van der Waals surface area (Å²) >= 11 is 6.22. The molecule has 5 heteroatoms. The fraction of sp³-hybridized carbons (Fsp3) is 0.286. The van der Waals surface area contributed by atoms with E-state index < -0.39 is 0 Å². The Morgan fingerprint density at radius 3 is 2.68 bits per heavy atom. The predicted octanol–water partition coefficient (Wildman–Crippen LogP) is 3.94. The molecule has 0 amide bonds. The molecule has 0 spiro atoms. The quantitative estimate of drug-likeness (QED) is 0.923. The van der Waals surface area contributed by atoms with Gasteiger partial charge in [0.1, 0.15) is 11.6 Å². The normalized spacial score (nSPS) is 10.8. The molecule has 0 saturated heterocycles. The maximum atomic E-state index is 6.22. The van der Waals surface area contributed by atoms with E-state index in [4.69, 9.17) is 22.1 Å². The van der Waals surface area contributed by atoms with Crippen LogP contribution in [0.5, 0.6) is 11.8 Å². The summed E-state index contributed by atoms with van der Waals surface area (Å²) in [5.41, 5.74) is 7.56. The van der Waals surface area contributed by atoms with Crippen LogP contribution in [-0.4, -0.2) is 9.97 Å². The predicted molar refractivity (Wildman–Crippen MR) is 76.8 cm³/mol. The summed E-state index contributed by atoms with van der Waals surface area (Å²) < 4.78 is 5.67. The third-order valence-corrected chi connectivity index (χ3v) is 3.10. The standard InChI is InChI=1S/C14H16ClN3O/c1-8(2)10-7-12(9(3)6-11(10)15)19-14-17-5-4-13(16)18-14/h4-8H,1-3H3,(H2,16,17,18). The number of hydrogen-bond donors (Lipinski definition) is 1. The molecular weight excluding hydrogens is 262 g/mol. The van der Waals surface area contributed by atoms with E-state index in [1.165, 1.54) is 0 Å². The number of anilines is 1. The Kier molecular flexibility index (Phi) is 3.90. The van der Waals surface area contributed by atoms with Crippen molar-refractivity contribution in [3.05, 3.63) is 40.5 Å². The number of halogens is 1. The van der Waals surface area contributed by atoms with E-state index in [9.17, 15) is 0 Å². The smallest absolute Gasteiger partial charge is 0.323 e. The van der Waals surface area contributed by atoms with Crippen molar-refractivity contribution in [2.24, 2.45) is 0 Å². The molecule has 0 saturated carbocycles. The van der Waals surface area contributed by atoms with Crippen LogP contribution < -0.4 is 10.5 Å². The molecule has 1 aromatic carbocycles. The molecule has 2 aromatic rings. The molecule has 4 nitrogen and oxygen atoms in total. The van der Waals surface area contributed by atoms with Crippen molar-refractivity contribution >= 4 is 17.4 Å². The highest BCUT2D eigenvalue weighted by molar-refractivity contribution is 6.31. The molecular formula is C14H16ClN3O. The number of rotatable bonds is 3. The molecule has 0 fully saturated rings. The van der Waals surface area contributed by atoms with Crippen molar-refractivity contribution in [3.63, 3.8) is 0 Å². The Hall–Kier alpha value is -1.81. The number of ether oxygens (including phenoxy) is 1. The van der Waals surface area contributed by atoms with E-state index in [0.717, 1.165) is 16.1 Å². The summed E-state index contributed by atoms with van der Waals surface area (Å²) in [5, 5.41) is 0.744. The molecule has 0 aliphatic carbocycles. The average molecular weight is 278 g/mol. The maximum Gasteiger partial charge on any atom is 0.323 e. The first-order valence-corrected chi connectivity index (χ1v) is 6.41. The van der Waals surface area contributed by atoms with E-state index in [1.54, 1.807) is 12.3 Å². The van der Waals surface area contributed by atoms with Gasteiger partial charge < -0.3 is 10.5 Å². The van der Waals surface area contributed by atoms with Crippen molar-refractivity contribution in [2.75, 3.05) is 5.73 Å². The summed E-state index contributed by atoms with van der Waals surface area (Å²) in [6.45, 7) is 6.09. The minimum atomic E-state index is 0.236. The summed E-state index contributed by atoms with van der Waals surface area (Å²) in [6, 6.07) is 5.66. The van der Waals surface area contributed by atoms with E-state index in [2.05, 4.69) is 23.8 Å². The lowest BCUT2D eigenvalue weighted by Gasteiger charge is -2.13. The van der Waals surface area contributed by atoms with Gasteiger partial charge in [-0.3, -0.25) is 0 Å². The molecule has 0 unspecified atom stereocenters. The number of aryl methyl sites for hydroxylation is 1. The van der Waals surface area contributed by atoms with Crippen LogP contribution in [0.3, 0.4) is 0 Å². The molecule has 0 aliphatic rings. The monoisotopic (exact) mass is 277 g/mol. The van der Waals surface area contributed by atoms with Crippen LogP contribution in [0.25, 0.3) is 0 Å². The van der Waals surface area contributed by atoms with Gasteiger partial charge in [0.05, 0.1) is 0 Å². The number of nitrogens with zero attached hydrogens (tertiary/aromatic N) is 2. The van der Waals surface area contributed by atoms with Crippen molar-refractivity contribution < 1.29 is 4.74 Å². The summed E-state index contributed by atoms with van der Waals surface area (Å²) in [4.78, 5) is 8.04. The third kappa shape index (κ3) is 3.15. The first-order valence-electron chi connectivity index (χ1n) is 6.04. The largest absolute Gasteiger partial charge is 0.424 e. The van der Waals surface area contributed by atoms with Gasteiger partial charge >= 0.3 is 6.01 Å². The Morgan fingerprint density at radius 2 is 2.05 bits per heavy atom. The van der Waals surface area contributed by atoms with Crippen LogP contribution in [-0.2, 0) is 0 Å². The average Bonchev–Trinajstić information content (AvgIpc) is 2.32. The molecule has 19 heavy (non-hydrogen) atoms. The molecule has 1 heterocycles. The zero-order chi connectivity index (χ0) is 14.0. The van der Waals surface area contributed by atoms with E-state index in [-0.39, 0.29) is 6.01 Å². The molecule has 2 rings (SSSR count). The van der Waals surface area contributed by atoms with E-state index >= 15 is 0 Å².